The standard InChI is InChI=1S/C17H21NO3/c19-17(18-14-4-2-1-3-5-14)9-7-13-6-8-15-16(12-13)21-11-10-20-15/h6-9,12,14H,1-5,10-11H2,(H,18,19)/b9-7+. The molecule has 1 aromatic carbocycles. The summed E-state index contributed by atoms with van der Waals surface area (Å²) in [4.78, 5) is 11.9. The maximum Gasteiger partial charge on any atom is 0.244 e. The van der Waals surface area contributed by atoms with Crippen LogP contribution in [0.5, 0.6) is 11.5 Å². The van der Waals surface area contributed by atoms with Crippen molar-refractivity contribution in [3.63, 3.8) is 0 Å². The van der Waals surface area contributed by atoms with Crippen molar-refractivity contribution in [1.29, 1.82) is 0 Å². The second-order valence-corrected chi connectivity index (χ2v) is 5.58. The first-order valence-corrected chi connectivity index (χ1v) is 7.69. The summed E-state index contributed by atoms with van der Waals surface area (Å²) in [7, 11) is 0. The lowest BCUT2D eigenvalue weighted by Gasteiger charge is -2.21. The minimum Gasteiger partial charge on any atom is -0.486 e. The van der Waals surface area contributed by atoms with Crippen LogP contribution in [0.2, 0.25) is 0 Å². The Labute approximate surface area is 125 Å². The molecule has 1 aliphatic carbocycles. The van der Waals surface area contributed by atoms with Crippen LogP contribution in [-0.4, -0.2) is 25.2 Å². The van der Waals surface area contributed by atoms with Crippen molar-refractivity contribution in [2.45, 2.75) is 38.1 Å². The van der Waals surface area contributed by atoms with E-state index in [0.29, 0.717) is 19.3 Å². The molecular weight excluding hydrogens is 266 g/mol. The lowest BCUT2D eigenvalue weighted by atomic mass is 9.95. The average Bonchev–Trinajstić information content (AvgIpc) is 2.54. The fourth-order valence-electron chi connectivity index (χ4n) is 2.83. The highest BCUT2D eigenvalue weighted by molar-refractivity contribution is 5.92. The smallest absolute Gasteiger partial charge is 0.244 e. The molecular formula is C17H21NO3. The molecule has 1 heterocycles. The summed E-state index contributed by atoms with van der Waals surface area (Å²) in [6.07, 6.45) is 9.34. The van der Waals surface area contributed by atoms with E-state index in [-0.39, 0.29) is 5.91 Å². The molecule has 21 heavy (non-hydrogen) atoms. The number of hydrogen-bond acceptors (Lipinski definition) is 3. The molecule has 1 aromatic rings. The molecule has 0 atom stereocenters. The van der Waals surface area contributed by atoms with Crippen molar-refractivity contribution in [3.8, 4) is 11.5 Å². The largest absolute Gasteiger partial charge is 0.486 e. The van der Waals surface area contributed by atoms with Crippen molar-refractivity contribution < 1.29 is 14.3 Å². The molecule has 0 saturated heterocycles. The minimum absolute atomic E-state index is 0.0169. The normalized spacial score (nSPS) is 18.7. The van der Waals surface area contributed by atoms with Crippen LogP contribution in [-0.2, 0) is 4.79 Å². The van der Waals surface area contributed by atoms with E-state index in [1.54, 1.807) is 6.08 Å². The van der Waals surface area contributed by atoms with Gasteiger partial charge in [-0.2, -0.15) is 0 Å². The topological polar surface area (TPSA) is 47.6 Å². The third-order valence-corrected chi connectivity index (χ3v) is 3.94. The van der Waals surface area contributed by atoms with E-state index in [1.165, 1.54) is 19.3 Å². The highest BCUT2D eigenvalue weighted by atomic mass is 16.6. The van der Waals surface area contributed by atoms with Crippen molar-refractivity contribution in [3.05, 3.63) is 29.8 Å². The van der Waals surface area contributed by atoms with Crippen LogP contribution < -0.4 is 14.8 Å². The number of amides is 1. The number of nitrogens with one attached hydrogen (secondary N) is 1. The summed E-state index contributed by atoms with van der Waals surface area (Å²) in [5.74, 6) is 1.50. The van der Waals surface area contributed by atoms with Gasteiger partial charge in [-0.05, 0) is 36.6 Å². The van der Waals surface area contributed by atoms with Gasteiger partial charge >= 0.3 is 0 Å². The Hall–Kier alpha value is -1.97. The zero-order chi connectivity index (χ0) is 14.5. The number of carbonyl (C=O) groups excluding carboxylic acids is 1. The summed E-state index contributed by atoms with van der Waals surface area (Å²) in [5.41, 5.74) is 0.943. The first kappa shape index (κ1) is 14.0. The number of fused-ring (bicyclic) bond motifs is 1. The maximum atomic E-state index is 11.9. The molecule has 4 heteroatoms. The molecule has 4 nitrogen and oxygen atoms in total. The van der Waals surface area contributed by atoms with E-state index in [0.717, 1.165) is 29.9 Å². The van der Waals surface area contributed by atoms with Crippen molar-refractivity contribution in [2.24, 2.45) is 0 Å². The highest BCUT2D eigenvalue weighted by Crippen LogP contribution is 2.31. The zero-order valence-corrected chi connectivity index (χ0v) is 12.1. The summed E-state index contributed by atoms with van der Waals surface area (Å²) in [6, 6.07) is 6.06. The average molecular weight is 287 g/mol. The van der Waals surface area contributed by atoms with E-state index in [9.17, 15) is 4.79 Å². The van der Waals surface area contributed by atoms with Gasteiger partial charge < -0.3 is 14.8 Å². The molecule has 1 fully saturated rings. The Morgan fingerprint density at radius 2 is 1.86 bits per heavy atom. The fourth-order valence-corrected chi connectivity index (χ4v) is 2.83. The van der Waals surface area contributed by atoms with E-state index < -0.39 is 0 Å². The van der Waals surface area contributed by atoms with Crippen LogP contribution in [0.25, 0.3) is 6.08 Å². The van der Waals surface area contributed by atoms with Gasteiger partial charge in [-0.1, -0.05) is 25.3 Å². The predicted octanol–water partition coefficient (Wildman–Crippen LogP) is 2.92. The van der Waals surface area contributed by atoms with Gasteiger partial charge in [0, 0.05) is 12.1 Å². The van der Waals surface area contributed by atoms with Gasteiger partial charge in [-0.3, -0.25) is 4.79 Å². The molecule has 0 radical (unpaired) electrons. The molecule has 112 valence electrons. The third kappa shape index (κ3) is 3.78. The van der Waals surface area contributed by atoms with Crippen LogP contribution in [0.1, 0.15) is 37.7 Å². The van der Waals surface area contributed by atoms with Gasteiger partial charge in [0.05, 0.1) is 0 Å². The van der Waals surface area contributed by atoms with Crippen molar-refractivity contribution in [2.75, 3.05) is 13.2 Å². The Bertz CT molecular complexity index is 533. The Morgan fingerprint density at radius 1 is 1.10 bits per heavy atom. The lowest BCUT2D eigenvalue weighted by molar-refractivity contribution is -0.117. The van der Waals surface area contributed by atoms with Crippen molar-refractivity contribution >= 4 is 12.0 Å². The van der Waals surface area contributed by atoms with Gasteiger partial charge in [0.15, 0.2) is 11.5 Å². The molecule has 3 rings (SSSR count). The Balaban J connectivity index is 1.58. The van der Waals surface area contributed by atoms with Gasteiger partial charge in [0.1, 0.15) is 13.2 Å². The molecule has 0 aromatic heterocycles. The zero-order valence-electron chi connectivity index (χ0n) is 12.1. The van der Waals surface area contributed by atoms with E-state index in [2.05, 4.69) is 5.32 Å². The molecule has 2 aliphatic rings. The second kappa shape index (κ2) is 6.66. The van der Waals surface area contributed by atoms with Crippen LogP contribution >= 0.6 is 0 Å². The first-order chi connectivity index (χ1) is 10.3. The van der Waals surface area contributed by atoms with E-state index >= 15 is 0 Å². The highest BCUT2D eigenvalue weighted by Gasteiger charge is 2.14. The summed E-state index contributed by atoms with van der Waals surface area (Å²) >= 11 is 0. The SMILES string of the molecule is O=C(/C=C/c1ccc2c(c1)OCCO2)NC1CCCCC1. The number of carbonyl (C=O) groups is 1. The number of rotatable bonds is 3. The van der Waals surface area contributed by atoms with Crippen LogP contribution in [0, 0.1) is 0 Å². The Morgan fingerprint density at radius 3 is 2.67 bits per heavy atom. The van der Waals surface area contributed by atoms with Gasteiger partial charge in [-0.25, -0.2) is 0 Å². The molecule has 1 aliphatic heterocycles. The maximum absolute atomic E-state index is 11.9. The molecule has 0 spiro atoms. The van der Waals surface area contributed by atoms with Crippen LogP contribution in [0.4, 0.5) is 0 Å². The summed E-state index contributed by atoms with van der Waals surface area (Å²) in [6.45, 7) is 1.16. The first-order valence-electron chi connectivity index (χ1n) is 7.69. The van der Waals surface area contributed by atoms with Gasteiger partial charge in [0.25, 0.3) is 0 Å². The molecule has 0 bridgehead atoms. The fraction of sp³-hybridized carbons (Fsp3) is 0.471. The van der Waals surface area contributed by atoms with E-state index in [1.807, 2.05) is 24.3 Å². The number of benzene rings is 1. The number of ether oxygens (including phenoxy) is 2. The number of hydrogen-bond donors (Lipinski definition) is 1. The Kier molecular flexibility index (Phi) is 4.43. The van der Waals surface area contributed by atoms with Crippen LogP contribution in [0.3, 0.4) is 0 Å². The molecule has 0 unspecified atom stereocenters. The lowest BCUT2D eigenvalue weighted by Crippen LogP contribution is -2.34. The van der Waals surface area contributed by atoms with E-state index in [4.69, 9.17) is 9.47 Å². The van der Waals surface area contributed by atoms with Gasteiger partial charge in [0.2, 0.25) is 5.91 Å². The second-order valence-electron chi connectivity index (χ2n) is 5.58. The van der Waals surface area contributed by atoms with Gasteiger partial charge in [-0.15, -0.1) is 0 Å². The minimum atomic E-state index is -0.0169. The molecule has 1 saturated carbocycles. The summed E-state index contributed by atoms with van der Waals surface area (Å²) in [5, 5.41) is 3.07. The quantitative estimate of drug-likeness (QED) is 0.870. The van der Waals surface area contributed by atoms with Crippen molar-refractivity contribution in [1.82, 2.24) is 5.32 Å². The molecule has 1 amide bonds. The summed E-state index contributed by atoms with van der Waals surface area (Å²) < 4.78 is 11.0. The third-order valence-electron chi connectivity index (χ3n) is 3.94. The predicted molar refractivity (Wildman–Crippen MR) is 81.5 cm³/mol. The molecule has 1 N–H and O–H groups in total. The monoisotopic (exact) mass is 287 g/mol. The van der Waals surface area contributed by atoms with Crippen LogP contribution in [0.15, 0.2) is 24.3 Å².